The van der Waals surface area contributed by atoms with Gasteiger partial charge in [-0.15, -0.1) is 11.8 Å². The summed E-state index contributed by atoms with van der Waals surface area (Å²) in [4.78, 5) is 6.88. The molecule has 0 unspecified atom stereocenters. The molecular formula is C15H23NO3S. The van der Waals surface area contributed by atoms with Crippen LogP contribution >= 0.6 is 11.8 Å². The van der Waals surface area contributed by atoms with Crippen molar-refractivity contribution in [2.75, 3.05) is 20.5 Å². The summed E-state index contributed by atoms with van der Waals surface area (Å²) >= 11 is 1.70. The van der Waals surface area contributed by atoms with Crippen LogP contribution < -0.4 is 15.0 Å². The maximum Gasteiger partial charge on any atom is 0.161 e. The van der Waals surface area contributed by atoms with Crippen LogP contribution in [0.4, 0.5) is 0 Å². The molecule has 0 atom stereocenters. The molecule has 112 valence electrons. The molecule has 1 fully saturated rings. The molecular weight excluding hydrogens is 274 g/mol. The molecule has 1 N–H and O–H groups in total. The highest BCUT2D eigenvalue weighted by Crippen LogP contribution is 2.34. The number of hydrogen-bond donors (Lipinski definition) is 1. The first-order chi connectivity index (χ1) is 9.78. The van der Waals surface area contributed by atoms with Gasteiger partial charge in [-0.05, 0) is 36.8 Å². The minimum Gasteiger partial charge on any atom is -0.493 e. The molecule has 0 heterocycles. The zero-order chi connectivity index (χ0) is 14.4. The predicted octanol–water partition coefficient (Wildman–Crippen LogP) is 3.39. The maximum absolute atomic E-state index is 5.71. The maximum atomic E-state index is 5.71. The van der Waals surface area contributed by atoms with Crippen molar-refractivity contribution in [3.63, 3.8) is 0 Å². The van der Waals surface area contributed by atoms with Crippen molar-refractivity contribution in [1.29, 1.82) is 0 Å². The first-order valence-corrected chi connectivity index (χ1v) is 8.18. The Morgan fingerprint density at radius 1 is 1.15 bits per heavy atom. The van der Waals surface area contributed by atoms with E-state index in [1.54, 1.807) is 26.0 Å². The summed E-state index contributed by atoms with van der Waals surface area (Å²) in [5, 5.41) is 0. The molecule has 0 amide bonds. The highest BCUT2D eigenvalue weighted by Gasteiger charge is 2.16. The number of hydroxylamine groups is 1. The summed E-state index contributed by atoms with van der Waals surface area (Å²) in [6, 6.07) is 4.02. The summed E-state index contributed by atoms with van der Waals surface area (Å²) in [5.41, 5.74) is 4.26. The Labute approximate surface area is 125 Å². The van der Waals surface area contributed by atoms with E-state index >= 15 is 0 Å². The lowest BCUT2D eigenvalue weighted by Crippen LogP contribution is -2.21. The predicted molar refractivity (Wildman–Crippen MR) is 81.5 cm³/mol. The molecule has 1 aliphatic rings. The number of hydrogen-bond acceptors (Lipinski definition) is 5. The second-order valence-corrected chi connectivity index (χ2v) is 5.71. The van der Waals surface area contributed by atoms with Crippen molar-refractivity contribution < 1.29 is 14.3 Å². The summed E-state index contributed by atoms with van der Waals surface area (Å²) < 4.78 is 10.7. The van der Waals surface area contributed by atoms with Gasteiger partial charge in [-0.2, -0.15) is 5.48 Å². The second kappa shape index (κ2) is 7.76. The molecule has 0 radical (unpaired) electrons. The average Bonchev–Trinajstić information content (AvgIpc) is 2.99. The van der Waals surface area contributed by atoms with Crippen molar-refractivity contribution in [2.24, 2.45) is 0 Å². The number of nitrogens with one attached hydrogen (secondary N) is 1. The van der Waals surface area contributed by atoms with Crippen molar-refractivity contribution in [1.82, 2.24) is 5.48 Å². The molecule has 0 aromatic heterocycles. The minimum absolute atomic E-state index is 0.368. The highest BCUT2D eigenvalue weighted by atomic mass is 32.2. The van der Waals surface area contributed by atoms with E-state index in [1.807, 2.05) is 12.1 Å². The molecule has 0 spiro atoms. The zero-order valence-electron chi connectivity index (χ0n) is 12.4. The minimum atomic E-state index is 0.368. The van der Waals surface area contributed by atoms with Crippen LogP contribution in [0.5, 0.6) is 11.5 Å². The van der Waals surface area contributed by atoms with Gasteiger partial charge >= 0.3 is 0 Å². The Kier molecular flexibility index (Phi) is 6.01. The Morgan fingerprint density at radius 3 is 2.40 bits per heavy atom. The van der Waals surface area contributed by atoms with Gasteiger partial charge < -0.3 is 9.47 Å². The number of ether oxygens (including phenoxy) is 2. The molecule has 1 aliphatic carbocycles. The normalized spacial score (nSPS) is 15.6. The van der Waals surface area contributed by atoms with Crippen LogP contribution in [0.15, 0.2) is 17.0 Å². The third-order valence-electron chi connectivity index (χ3n) is 3.60. The highest BCUT2D eigenvalue weighted by molar-refractivity contribution is 7.98. The van der Waals surface area contributed by atoms with Gasteiger partial charge in [0.1, 0.15) is 0 Å². The van der Waals surface area contributed by atoms with E-state index in [0.29, 0.717) is 12.6 Å². The molecule has 0 bridgehead atoms. The van der Waals surface area contributed by atoms with Gasteiger partial charge in [0.05, 0.1) is 20.3 Å². The van der Waals surface area contributed by atoms with E-state index in [1.165, 1.54) is 17.7 Å². The first kappa shape index (κ1) is 15.5. The molecule has 2 rings (SSSR count). The Morgan fingerprint density at radius 2 is 1.80 bits per heavy atom. The molecule has 1 aromatic carbocycles. The van der Waals surface area contributed by atoms with Gasteiger partial charge in [-0.25, -0.2) is 0 Å². The number of rotatable bonds is 7. The monoisotopic (exact) mass is 297 g/mol. The quantitative estimate of drug-likeness (QED) is 0.617. The Bertz CT molecular complexity index is 433. The topological polar surface area (TPSA) is 39.7 Å². The Balaban J connectivity index is 2.01. The summed E-state index contributed by atoms with van der Waals surface area (Å²) in [6.07, 6.45) is 7.30. The third kappa shape index (κ3) is 3.81. The van der Waals surface area contributed by atoms with Crippen molar-refractivity contribution in [3.05, 3.63) is 17.7 Å². The second-order valence-electron chi connectivity index (χ2n) is 4.86. The van der Waals surface area contributed by atoms with E-state index < -0.39 is 0 Å². The largest absolute Gasteiger partial charge is 0.493 e. The van der Waals surface area contributed by atoms with Gasteiger partial charge in [0, 0.05) is 11.4 Å². The first-order valence-electron chi connectivity index (χ1n) is 6.96. The summed E-state index contributed by atoms with van der Waals surface area (Å²) in [5.74, 6) is 1.51. The summed E-state index contributed by atoms with van der Waals surface area (Å²) in [7, 11) is 3.31. The van der Waals surface area contributed by atoms with Crippen LogP contribution in [-0.2, 0) is 11.4 Å². The fourth-order valence-corrected chi connectivity index (χ4v) is 3.09. The average molecular weight is 297 g/mol. The van der Waals surface area contributed by atoms with Gasteiger partial charge in [0.25, 0.3) is 0 Å². The lowest BCUT2D eigenvalue weighted by Gasteiger charge is -2.16. The molecule has 5 heteroatoms. The lowest BCUT2D eigenvalue weighted by molar-refractivity contribution is -0.0247. The number of thioether (sulfide) groups is 1. The smallest absolute Gasteiger partial charge is 0.161 e. The summed E-state index contributed by atoms with van der Waals surface area (Å²) in [6.45, 7) is 0.674. The van der Waals surface area contributed by atoms with Gasteiger partial charge in [-0.1, -0.05) is 12.8 Å². The fourth-order valence-electron chi connectivity index (χ4n) is 2.47. The molecule has 1 saturated carbocycles. The van der Waals surface area contributed by atoms with Gasteiger partial charge in [-0.3, -0.25) is 4.84 Å². The lowest BCUT2D eigenvalue weighted by atomic mass is 10.2. The number of benzene rings is 1. The van der Waals surface area contributed by atoms with E-state index in [4.69, 9.17) is 14.3 Å². The molecule has 20 heavy (non-hydrogen) atoms. The molecule has 4 nitrogen and oxygen atoms in total. The van der Waals surface area contributed by atoms with Crippen LogP contribution in [-0.4, -0.2) is 26.6 Å². The van der Waals surface area contributed by atoms with Gasteiger partial charge in [0.15, 0.2) is 11.5 Å². The van der Waals surface area contributed by atoms with Crippen LogP contribution in [0.1, 0.15) is 31.2 Å². The van der Waals surface area contributed by atoms with Crippen molar-refractivity contribution in [3.8, 4) is 11.5 Å². The van der Waals surface area contributed by atoms with Crippen LogP contribution in [0, 0.1) is 0 Å². The van der Waals surface area contributed by atoms with E-state index in [9.17, 15) is 0 Å². The standard InChI is InChI=1S/C15H23NO3S/c1-17-13-8-11(15(20-3)9-14(13)18-2)10-16-19-12-6-4-5-7-12/h8-9,12,16H,4-7,10H2,1-3H3. The van der Waals surface area contributed by atoms with Crippen molar-refractivity contribution in [2.45, 2.75) is 43.2 Å². The molecule has 1 aromatic rings. The van der Waals surface area contributed by atoms with Crippen LogP contribution in [0.25, 0.3) is 0 Å². The van der Waals surface area contributed by atoms with Gasteiger partial charge in [0.2, 0.25) is 0 Å². The fraction of sp³-hybridized carbons (Fsp3) is 0.600. The van der Waals surface area contributed by atoms with E-state index in [2.05, 4.69) is 11.7 Å². The van der Waals surface area contributed by atoms with E-state index in [0.717, 1.165) is 29.9 Å². The van der Waals surface area contributed by atoms with E-state index in [-0.39, 0.29) is 0 Å². The van der Waals surface area contributed by atoms with Crippen molar-refractivity contribution >= 4 is 11.8 Å². The molecule has 0 aliphatic heterocycles. The van der Waals surface area contributed by atoms with Crippen LogP contribution in [0.2, 0.25) is 0 Å². The van der Waals surface area contributed by atoms with Crippen LogP contribution in [0.3, 0.4) is 0 Å². The third-order valence-corrected chi connectivity index (χ3v) is 4.42. The SMILES string of the molecule is COc1cc(CNOC2CCCC2)c(SC)cc1OC. The Hall–Kier alpha value is -0.910. The number of methoxy groups -OCH3 is 2. The molecule has 0 saturated heterocycles. The zero-order valence-corrected chi connectivity index (χ0v) is 13.2.